The van der Waals surface area contributed by atoms with Crippen LogP contribution in [-0.4, -0.2) is 21.0 Å². The zero-order chi connectivity index (χ0) is 19.2. The molecule has 28 heavy (non-hydrogen) atoms. The minimum atomic E-state index is 0.271. The number of hydrogen-bond acceptors (Lipinski definition) is 5. The Balaban J connectivity index is 1.63. The lowest BCUT2D eigenvalue weighted by molar-refractivity contribution is 0.234. The summed E-state index contributed by atoms with van der Waals surface area (Å²) in [4.78, 5) is 12.8. The third-order valence-electron chi connectivity index (χ3n) is 4.21. The number of ether oxygens (including phenoxy) is 1. The Morgan fingerprint density at radius 2 is 1.82 bits per heavy atom. The molecule has 0 aliphatic carbocycles. The van der Waals surface area contributed by atoms with Crippen molar-refractivity contribution >= 4 is 16.6 Å². The average Bonchev–Trinajstić information content (AvgIpc) is 2.76. The molecule has 0 saturated heterocycles. The van der Waals surface area contributed by atoms with Crippen LogP contribution >= 0.6 is 0 Å². The Kier molecular flexibility index (Phi) is 5.22. The fourth-order valence-corrected chi connectivity index (χ4v) is 2.84. The molecule has 2 aromatic heterocycles. The number of hydroxylamine groups is 1. The predicted molar refractivity (Wildman–Crippen MR) is 108 cm³/mol. The molecule has 0 radical (unpaired) electrons. The van der Waals surface area contributed by atoms with Crippen LogP contribution in [-0.2, 0) is 6.54 Å². The normalized spacial score (nSPS) is 11.4. The molecule has 6 heteroatoms. The lowest BCUT2D eigenvalue weighted by Gasteiger charge is -2.12. The molecule has 0 spiro atoms. The first kappa shape index (κ1) is 17.6. The summed E-state index contributed by atoms with van der Waals surface area (Å²) < 4.78 is 6.00. The van der Waals surface area contributed by atoms with Crippen LogP contribution in [0.2, 0.25) is 0 Å². The molecule has 4 rings (SSSR count). The van der Waals surface area contributed by atoms with Crippen molar-refractivity contribution in [1.82, 2.24) is 15.4 Å². The number of aliphatic imine (C=N–C) groups is 1. The third-order valence-corrected chi connectivity index (χ3v) is 4.21. The topological polar surface area (TPSA) is 79.6 Å². The van der Waals surface area contributed by atoms with E-state index in [0.717, 1.165) is 16.3 Å². The van der Waals surface area contributed by atoms with E-state index in [1.54, 1.807) is 30.7 Å². The number of nitrogens with one attached hydrogen (secondary N) is 1. The number of rotatable bonds is 5. The van der Waals surface area contributed by atoms with Crippen LogP contribution in [0.1, 0.15) is 11.1 Å². The summed E-state index contributed by atoms with van der Waals surface area (Å²) in [6, 6.07) is 21.2. The van der Waals surface area contributed by atoms with Gasteiger partial charge in [-0.05, 0) is 46.7 Å². The van der Waals surface area contributed by atoms with Crippen molar-refractivity contribution in [3.05, 3.63) is 96.4 Å². The zero-order valence-electron chi connectivity index (χ0n) is 15.0. The van der Waals surface area contributed by atoms with Crippen LogP contribution in [0.4, 0.5) is 0 Å². The van der Waals surface area contributed by atoms with E-state index in [1.807, 2.05) is 54.6 Å². The van der Waals surface area contributed by atoms with E-state index in [2.05, 4.69) is 20.4 Å². The predicted octanol–water partition coefficient (Wildman–Crippen LogP) is 4.35. The van der Waals surface area contributed by atoms with E-state index in [0.29, 0.717) is 23.7 Å². The first-order valence-corrected chi connectivity index (χ1v) is 8.79. The van der Waals surface area contributed by atoms with Gasteiger partial charge in [0.25, 0.3) is 0 Å². The maximum atomic E-state index is 9.61. The van der Waals surface area contributed by atoms with Crippen LogP contribution in [0.3, 0.4) is 0 Å². The van der Waals surface area contributed by atoms with E-state index < -0.39 is 0 Å². The van der Waals surface area contributed by atoms with Crippen LogP contribution in [0.15, 0.2) is 90.3 Å². The van der Waals surface area contributed by atoms with Gasteiger partial charge in [0, 0.05) is 18.6 Å². The highest BCUT2D eigenvalue weighted by atomic mass is 16.5. The molecule has 0 aliphatic rings. The van der Waals surface area contributed by atoms with Gasteiger partial charge in [0.2, 0.25) is 5.88 Å². The second kappa shape index (κ2) is 8.28. The third kappa shape index (κ3) is 3.97. The summed E-state index contributed by atoms with van der Waals surface area (Å²) >= 11 is 0. The highest BCUT2D eigenvalue weighted by Gasteiger charge is 2.12. The molecule has 0 fully saturated rings. The van der Waals surface area contributed by atoms with E-state index in [-0.39, 0.29) is 5.84 Å². The fraction of sp³-hybridized carbons (Fsp3) is 0.0455. The molecule has 2 aromatic carbocycles. The molecule has 0 bridgehead atoms. The second-order valence-electron chi connectivity index (χ2n) is 6.11. The molecule has 4 aromatic rings. The number of fused-ring (bicyclic) bond motifs is 1. The van der Waals surface area contributed by atoms with E-state index in [4.69, 9.17) is 4.74 Å². The summed E-state index contributed by atoms with van der Waals surface area (Å²) in [5.41, 5.74) is 3.64. The molecule has 6 nitrogen and oxygen atoms in total. The lowest BCUT2D eigenvalue weighted by atomic mass is 10.1. The number of benzene rings is 2. The summed E-state index contributed by atoms with van der Waals surface area (Å²) in [6.45, 7) is 0.362. The standard InChI is InChI=1S/C22H18N4O2/c27-26-21(25-15-16-5-3-11-23-14-16)20-8-4-12-24-22(20)28-19-10-9-17-6-1-2-7-18(17)13-19/h1-14,27H,15H2,(H,25,26). The smallest absolute Gasteiger partial charge is 0.230 e. The number of aromatic nitrogens is 2. The monoisotopic (exact) mass is 370 g/mol. The minimum absolute atomic E-state index is 0.271. The summed E-state index contributed by atoms with van der Waals surface area (Å²) in [6.07, 6.45) is 5.07. The highest BCUT2D eigenvalue weighted by molar-refractivity contribution is 6.00. The van der Waals surface area contributed by atoms with Crippen molar-refractivity contribution in [3.8, 4) is 11.6 Å². The number of pyridine rings is 2. The summed E-state index contributed by atoms with van der Waals surface area (Å²) in [7, 11) is 0. The second-order valence-corrected chi connectivity index (χ2v) is 6.11. The van der Waals surface area contributed by atoms with Crippen LogP contribution in [0.25, 0.3) is 10.8 Å². The number of amidine groups is 1. The SMILES string of the molecule is ONC(=NCc1cccnc1)c1cccnc1Oc1ccc2ccccc2c1. The van der Waals surface area contributed by atoms with Crippen molar-refractivity contribution < 1.29 is 9.94 Å². The van der Waals surface area contributed by atoms with E-state index in [9.17, 15) is 5.21 Å². The first-order chi connectivity index (χ1) is 13.8. The van der Waals surface area contributed by atoms with Crippen LogP contribution in [0.5, 0.6) is 11.6 Å². The summed E-state index contributed by atoms with van der Waals surface area (Å²) in [5, 5.41) is 11.8. The zero-order valence-corrected chi connectivity index (χ0v) is 15.0. The van der Waals surface area contributed by atoms with Crippen LogP contribution < -0.4 is 10.2 Å². The molecule has 2 N–H and O–H groups in total. The Labute approximate surface area is 162 Å². The molecule has 138 valence electrons. The Hall–Kier alpha value is -3.77. The Morgan fingerprint density at radius 1 is 0.964 bits per heavy atom. The fourth-order valence-electron chi connectivity index (χ4n) is 2.84. The number of nitrogens with zero attached hydrogens (tertiary/aromatic N) is 3. The average molecular weight is 370 g/mol. The molecule has 0 saturated carbocycles. The Morgan fingerprint density at radius 3 is 2.64 bits per heavy atom. The van der Waals surface area contributed by atoms with Gasteiger partial charge in [-0.1, -0.05) is 36.4 Å². The van der Waals surface area contributed by atoms with E-state index in [1.165, 1.54) is 0 Å². The molecule has 0 unspecified atom stereocenters. The molecule has 0 amide bonds. The molecular weight excluding hydrogens is 352 g/mol. The highest BCUT2D eigenvalue weighted by Crippen LogP contribution is 2.26. The van der Waals surface area contributed by atoms with E-state index >= 15 is 0 Å². The molecular formula is C22H18N4O2. The first-order valence-electron chi connectivity index (χ1n) is 8.79. The maximum absolute atomic E-state index is 9.61. The van der Waals surface area contributed by atoms with Crippen LogP contribution in [0, 0.1) is 0 Å². The van der Waals surface area contributed by atoms with Gasteiger partial charge in [-0.25, -0.2) is 4.98 Å². The van der Waals surface area contributed by atoms with Gasteiger partial charge >= 0.3 is 0 Å². The number of hydrogen-bond donors (Lipinski definition) is 2. The quantitative estimate of drug-likeness (QED) is 0.310. The van der Waals surface area contributed by atoms with Crippen molar-refractivity contribution in [2.75, 3.05) is 0 Å². The summed E-state index contributed by atoms with van der Waals surface area (Å²) in [5.74, 6) is 1.28. The van der Waals surface area contributed by atoms with Gasteiger partial charge in [0.15, 0.2) is 5.84 Å². The largest absolute Gasteiger partial charge is 0.438 e. The minimum Gasteiger partial charge on any atom is -0.438 e. The molecule has 0 atom stereocenters. The van der Waals surface area contributed by atoms with Gasteiger partial charge in [0.1, 0.15) is 5.75 Å². The van der Waals surface area contributed by atoms with Crippen molar-refractivity contribution in [2.24, 2.45) is 4.99 Å². The molecule has 0 aliphatic heterocycles. The van der Waals surface area contributed by atoms with Gasteiger partial charge in [-0.3, -0.25) is 20.7 Å². The van der Waals surface area contributed by atoms with Gasteiger partial charge in [-0.15, -0.1) is 0 Å². The maximum Gasteiger partial charge on any atom is 0.230 e. The van der Waals surface area contributed by atoms with Crippen molar-refractivity contribution in [3.63, 3.8) is 0 Å². The van der Waals surface area contributed by atoms with Crippen molar-refractivity contribution in [2.45, 2.75) is 6.54 Å². The lowest BCUT2D eigenvalue weighted by Crippen LogP contribution is -2.21. The Bertz CT molecular complexity index is 1110. The molecule has 2 heterocycles. The van der Waals surface area contributed by atoms with Gasteiger partial charge < -0.3 is 4.74 Å². The van der Waals surface area contributed by atoms with Gasteiger partial charge in [-0.2, -0.15) is 0 Å². The van der Waals surface area contributed by atoms with Crippen molar-refractivity contribution in [1.29, 1.82) is 0 Å². The van der Waals surface area contributed by atoms with Gasteiger partial charge in [0.05, 0.1) is 12.1 Å².